The van der Waals surface area contributed by atoms with Gasteiger partial charge < -0.3 is 39.0 Å². The highest BCUT2D eigenvalue weighted by Gasteiger charge is 2.50. The summed E-state index contributed by atoms with van der Waals surface area (Å²) in [4.78, 5) is 51.3. The number of carbonyl (C=O) groups excluding carboxylic acids is 3. The third-order valence-corrected chi connectivity index (χ3v) is 14.2. The highest BCUT2D eigenvalue weighted by atomic mass is 16.7. The van der Waals surface area contributed by atoms with E-state index in [0.29, 0.717) is 19.3 Å². The smallest absolute Gasteiger partial charge is 0.335 e. The monoisotopic (exact) mass is 1130 g/mol. The average Bonchev–Trinajstić information content (AvgIpc) is 3.54. The standard InChI is InChI=1S/C69H114O12/c1-4-7-10-13-16-19-22-25-28-30-31-33-36-39-42-45-48-51-54-57-63(72)80-67-65(74)64(73)66(68(75)76)81-69(67)78-59-60(79-62(71)56-53-50-47-44-41-38-34-27-24-21-18-15-12-9-6-3)58-77-61(70)55-52-49-46-43-40-37-35-32-29-26-23-20-17-14-11-8-5-2/h7-8,10-11,16-17,19-20,25-26,28-29,31,33,35,37,60,64-67,69,73-74H,4-6,9,12-15,18,21-24,27,30,32,34,36,38-59H2,1-3H3,(H,75,76)/b10-7-,11-8-,19-16-,20-17-,28-25-,29-26-,33-31-,37-35-. The quantitative estimate of drug-likeness (QED) is 0.0228. The second-order valence-corrected chi connectivity index (χ2v) is 21.6. The van der Waals surface area contributed by atoms with Gasteiger partial charge in [-0.15, -0.1) is 0 Å². The molecule has 0 aromatic carbocycles. The average molecular weight is 1140 g/mol. The first kappa shape index (κ1) is 74.7. The summed E-state index contributed by atoms with van der Waals surface area (Å²) in [5, 5.41) is 31.6. The van der Waals surface area contributed by atoms with Crippen molar-refractivity contribution in [1.29, 1.82) is 0 Å². The molecule has 0 aromatic heterocycles. The van der Waals surface area contributed by atoms with Crippen LogP contribution in [-0.4, -0.2) is 89.2 Å². The number of carboxylic acids is 1. The lowest BCUT2D eigenvalue weighted by molar-refractivity contribution is -0.301. The van der Waals surface area contributed by atoms with E-state index in [1.54, 1.807) is 0 Å². The molecular formula is C69H114O12. The Balaban J connectivity index is 2.68. The Bertz CT molecular complexity index is 1780. The predicted molar refractivity (Wildman–Crippen MR) is 331 cm³/mol. The topological polar surface area (TPSA) is 175 Å². The van der Waals surface area contributed by atoms with Crippen LogP contribution in [0.4, 0.5) is 0 Å². The van der Waals surface area contributed by atoms with Gasteiger partial charge in [-0.05, 0) is 96.3 Å². The summed E-state index contributed by atoms with van der Waals surface area (Å²) in [7, 11) is 0. The van der Waals surface area contributed by atoms with Crippen LogP contribution in [0.15, 0.2) is 97.2 Å². The summed E-state index contributed by atoms with van der Waals surface area (Å²) >= 11 is 0. The van der Waals surface area contributed by atoms with Gasteiger partial charge in [0, 0.05) is 19.3 Å². The zero-order valence-corrected chi connectivity index (χ0v) is 51.0. The number of aliphatic carboxylic acids is 1. The maximum absolute atomic E-state index is 13.2. The third-order valence-electron chi connectivity index (χ3n) is 14.2. The molecule has 1 aliphatic rings. The molecule has 0 aliphatic carbocycles. The van der Waals surface area contributed by atoms with E-state index in [1.807, 2.05) is 0 Å². The first-order valence-electron chi connectivity index (χ1n) is 32.2. The fourth-order valence-corrected chi connectivity index (χ4v) is 9.29. The van der Waals surface area contributed by atoms with Crippen molar-refractivity contribution in [3.63, 3.8) is 0 Å². The summed E-state index contributed by atoms with van der Waals surface area (Å²) in [5.41, 5.74) is 0. The Morgan fingerprint density at radius 1 is 0.420 bits per heavy atom. The molecule has 0 saturated carbocycles. The molecule has 0 aromatic rings. The van der Waals surface area contributed by atoms with Crippen LogP contribution in [-0.2, 0) is 42.9 Å². The molecule has 0 radical (unpaired) electrons. The van der Waals surface area contributed by atoms with Crippen molar-refractivity contribution in [2.45, 2.75) is 302 Å². The molecule has 1 saturated heterocycles. The Kier molecular flexibility index (Phi) is 51.7. The summed E-state index contributed by atoms with van der Waals surface area (Å²) < 4.78 is 28.5. The van der Waals surface area contributed by atoms with Crippen molar-refractivity contribution in [2.24, 2.45) is 0 Å². The minimum Gasteiger partial charge on any atom is -0.479 e. The van der Waals surface area contributed by atoms with Gasteiger partial charge in [-0.1, -0.05) is 246 Å². The van der Waals surface area contributed by atoms with Gasteiger partial charge in [0.25, 0.3) is 0 Å². The number of hydrogen-bond acceptors (Lipinski definition) is 11. The van der Waals surface area contributed by atoms with Gasteiger partial charge >= 0.3 is 23.9 Å². The van der Waals surface area contributed by atoms with E-state index in [0.717, 1.165) is 135 Å². The molecule has 0 bridgehead atoms. The molecular weight excluding hydrogens is 1020 g/mol. The van der Waals surface area contributed by atoms with E-state index in [1.165, 1.54) is 70.6 Å². The van der Waals surface area contributed by atoms with E-state index in [-0.39, 0.29) is 25.9 Å². The molecule has 0 amide bonds. The minimum atomic E-state index is -1.92. The second kappa shape index (κ2) is 56.1. The van der Waals surface area contributed by atoms with Crippen LogP contribution in [0.1, 0.15) is 265 Å². The van der Waals surface area contributed by atoms with Crippen LogP contribution in [0.5, 0.6) is 0 Å². The Morgan fingerprint density at radius 2 is 0.778 bits per heavy atom. The molecule has 6 atom stereocenters. The van der Waals surface area contributed by atoms with Crippen LogP contribution >= 0.6 is 0 Å². The number of aliphatic hydroxyl groups is 2. The number of esters is 3. The summed E-state index contributed by atoms with van der Waals surface area (Å²) in [5.74, 6) is -3.16. The number of carbonyl (C=O) groups is 4. The zero-order valence-electron chi connectivity index (χ0n) is 51.0. The van der Waals surface area contributed by atoms with Crippen LogP contribution in [0.3, 0.4) is 0 Å². The number of allylic oxidation sites excluding steroid dienone is 16. The van der Waals surface area contributed by atoms with Crippen LogP contribution in [0.2, 0.25) is 0 Å². The molecule has 81 heavy (non-hydrogen) atoms. The van der Waals surface area contributed by atoms with Crippen molar-refractivity contribution in [2.75, 3.05) is 13.2 Å². The van der Waals surface area contributed by atoms with E-state index in [9.17, 15) is 34.5 Å². The molecule has 0 spiro atoms. The van der Waals surface area contributed by atoms with E-state index >= 15 is 0 Å². The van der Waals surface area contributed by atoms with Gasteiger partial charge in [0.15, 0.2) is 24.6 Å². The first-order chi connectivity index (χ1) is 39.6. The normalized spacial score (nSPS) is 18.4. The second-order valence-electron chi connectivity index (χ2n) is 21.6. The number of rotatable bonds is 54. The third kappa shape index (κ3) is 45.8. The number of carboxylic acid groups (broad SMARTS) is 1. The molecule has 1 rings (SSSR count). The van der Waals surface area contributed by atoms with Gasteiger partial charge in [0.05, 0.1) is 6.61 Å². The summed E-state index contributed by atoms with van der Waals surface area (Å²) in [6, 6.07) is 0. The van der Waals surface area contributed by atoms with Gasteiger partial charge in [0.1, 0.15) is 18.8 Å². The first-order valence-corrected chi connectivity index (χ1v) is 32.2. The highest BCUT2D eigenvalue weighted by molar-refractivity contribution is 5.74. The van der Waals surface area contributed by atoms with Crippen molar-refractivity contribution in [3.8, 4) is 0 Å². The Labute approximate surface area is 492 Å². The highest BCUT2D eigenvalue weighted by Crippen LogP contribution is 2.26. The van der Waals surface area contributed by atoms with Gasteiger partial charge in [-0.2, -0.15) is 0 Å². The van der Waals surface area contributed by atoms with Crippen molar-refractivity contribution in [3.05, 3.63) is 97.2 Å². The fraction of sp³-hybridized carbons (Fsp3) is 0.710. The SMILES string of the molecule is CC/C=C\C/C=C\C/C=C\C/C=C\CCCCCCCCC(=O)OC1C(OCC(COC(=O)CCCCCC/C=C\C/C=C\C/C=C\C/C=C\CC)OC(=O)CCCCCCCCCCCCCCCCC)OC(C(=O)O)C(O)C1O. The number of hydrogen-bond donors (Lipinski definition) is 3. The molecule has 462 valence electrons. The van der Waals surface area contributed by atoms with Gasteiger partial charge in [-0.3, -0.25) is 14.4 Å². The summed E-state index contributed by atoms with van der Waals surface area (Å²) in [6.45, 7) is 5.77. The lowest BCUT2D eigenvalue weighted by Crippen LogP contribution is -2.61. The Morgan fingerprint density at radius 3 is 1.19 bits per heavy atom. The van der Waals surface area contributed by atoms with E-state index < -0.39 is 67.3 Å². The summed E-state index contributed by atoms with van der Waals surface area (Å²) in [6.07, 6.45) is 62.1. The van der Waals surface area contributed by atoms with Crippen molar-refractivity contribution >= 4 is 23.9 Å². The molecule has 12 heteroatoms. The molecule has 1 fully saturated rings. The predicted octanol–water partition coefficient (Wildman–Crippen LogP) is 17.2. The van der Waals surface area contributed by atoms with Gasteiger partial charge in [0.2, 0.25) is 0 Å². The molecule has 1 aliphatic heterocycles. The number of aliphatic hydroxyl groups excluding tert-OH is 2. The van der Waals surface area contributed by atoms with Crippen LogP contribution in [0, 0.1) is 0 Å². The lowest BCUT2D eigenvalue weighted by Gasteiger charge is -2.40. The molecule has 12 nitrogen and oxygen atoms in total. The maximum Gasteiger partial charge on any atom is 0.335 e. The molecule has 1 heterocycles. The fourth-order valence-electron chi connectivity index (χ4n) is 9.29. The van der Waals surface area contributed by atoms with Crippen LogP contribution < -0.4 is 0 Å². The van der Waals surface area contributed by atoms with Gasteiger partial charge in [-0.25, -0.2) is 4.79 Å². The van der Waals surface area contributed by atoms with Crippen molar-refractivity contribution < 1.29 is 58.2 Å². The van der Waals surface area contributed by atoms with Crippen molar-refractivity contribution in [1.82, 2.24) is 0 Å². The van der Waals surface area contributed by atoms with Crippen LogP contribution in [0.25, 0.3) is 0 Å². The molecule has 3 N–H and O–H groups in total. The minimum absolute atomic E-state index is 0.0388. The lowest BCUT2D eigenvalue weighted by atomic mass is 9.98. The Hall–Kier alpha value is -4.36. The zero-order chi connectivity index (χ0) is 58.9. The largest absolute Gasteiger partial charge is 0.479 e. The molecule has 6 unspecified atom stereocenters. The number of ether oxygens (including phenoxy) is 5. The maximum atomic E-state index is 13.2. The number of unbranched alkanes of at least 4 members (excludes halogenated alkanes) is 24. The van der Waals surface area contributed by atoms with E-state index in [4.69, 9.17) is 23.7 Å². The van der Waals surface area contributed by atoms with E-state index in [2.05, 4.69) is 118 Å².